The Morgan fingerprint density at radius 3 is 2.58 bits per heavy atom. The maximum Gasteiger partial charge on any atom is 0.199 e. The van der Waals surface area contributed by atoms with Crippen LogP contribution in [0.5, 0.6) is 0 Å². The molecule has 2 aliphatic carbocycles. The molecule has 0 aromatic carbocycles. The van der Waals surface area contributed by atoms with Gasteiger partial charge in [0, 0.05) is 35.9 Å². The second-order valence-corrected chi connectivity index (χ2v) is 9.09. The summed E-state index contributed by atoms with van der Waals surface area (Å²) in [5, 5.41) is 9.62. The summed E-state index contributed by atoms with van der Waals surface area (Å²) >= 11 is 0. The molecule has 140 valence electrons. The summed E-state index contributed by atoms with van der Waals surface area (Å²) in [5.74, 6) is 1.49. The molecule has 2 aliphatic rings. The molecule has 2 unspecified atom stereocenters. The number of fused-ring (bicyclic) bond motifs is 3. The number of aromatic nitrogens is 5. The summed E-state index contributed by atoms with van der Waals surface area (Å²) in [6, 6.07) is 0.285. The van der Waals surface area contributed by atoms with E-state index in [4.69, 9.17) is 5.10 Å². The Morgan fingerprint density at radius 2 is 1.92 bits per heavy atom. The first-order valence-corrected chi connectivity index (χ1v) is 9.67. The Balaban J connectivity index is 1.83. The number of hydrogen-bond donors (Lipinski definition) is 0. The molecule has 0 spiro atoms. The first kappa shape index (κ1) is 17.4. The van der Waals surface area contributed by atoms with E-state index in [2.05, 4.69) is 44.7 Å². The molecular weight excluding hydrogens is 326 g/mol. The summed E-state index contributed by atoms with van der Waals surface area (Å²) in [7, 11) is 1.99. The highest BCUT2D eigenvalue weighted by Crippen LogP contribution is 2.56. The van der Waals surface area contributed by atoms with Crippen molar-refractivity contribution in [2.75, 3.05) is 0 Å². The van der Waals surface area contributed by atoms with Crippen LogP contribution in [0.2, 0.25) is 0 Å². The zero-order valence-corrected chi connectivity index (χ0v) is 16.7. The minimum Gasteiger partial charge on any atom is -0.299 e. The number of ketones is 1. The topological polar surface area (TPSA) is 65.6 Å². The molecule has 1 fully saturated rings. The van der Waals surface area contributed by atoms with Gasteiger partial charge >= 0.3 is 0 Å². The van der Waals surface area contributed by atoms with Crippen molar-refractivity contribution >= 4 is 5.78 Å². The van der Waals surface area contributed by atoms with Crippen molar-refractivity contribution in [2.45, 2.75) is 71.8 Å². The van der Waals surface area contributed by atoms with E-state index in [1.165, 1.54) is 5.56 Å². The van der Waals surface area contributed by atoms with E-state index < -0.39 is 0 Å². The van der Waals surface area contributed by atoms with E-state index in [0.29, 0.717) is 18.1 Å². The van der Waals surface area contributed by atoms with E-state index in [0.717, 1.165) is 36.5 Å². The molecule has 2 atom stereocenters. The van der Waals surface area contributed by atoms with E-state index in [1.807, 2.05) is 16.4 Å². The summed E-state index contributed by atoms with van der Waals surface area (Å²) in [5.41, 5.74) is 3.14. The van der Waals surface area contributed by atoms with Crippen LogP contribution in [0.4, 0.5) is 0 Å². The first-order chi connectivity index (χ1) is 12.2. The molecule has 0 saturated heterocycles. The van der Waals surface area contributed by atoms with Gasteiger partial charge in [-0.15, -0.1) is 5.10 Å². The van der Waals surface area contributed by atoms with Gasteiger partial charge in [-0.3, -0.25) is 9.48 Å². The van der Waals surface area contributed by atoms with Gasteiger partial charge in [-0.2, -0.15) is 5.10 Å². The number of aryl methyl sites for hydroxylation is 1. The molecule has 2 aromatic rings. The summed E-state index contributed by atoms with van der Waals surface area (Å²) < 4.78 is 3.84. The van der Waals surface area contributed by atoms with Crippen LogP contribution in [0.3, 0.4) is 0 Å². The van der Waals surface area contributed by atoms with Crippen molar-refractivity contribution in [1.29, 1.82) is 0 Å². The van der Waals surface area contributed by atoms with Crippen molar-refractivity contribution in [3.63, 3.8) is 0 Å². The predicted molar refractivity (Wildman–Crippen MR) is 99.8 cm³/mol. The molecule has 6 heteroatoms. The Labute approximate surface area is 155 Å². The zero-order valence-electron chi connectivity index (χ0n) is 16.7. The van der Waals surface area contributed by atoms with Crippen LogP contribution in [0, 0.1) is 11.3 Å². The van der Waals surface area contributed by atoms with Crippen LogP contribution >= 0.6 is 0 Å². The van der Waals surface area contributed by atoms with Crippen LogP contribution < -0.4 is 0 Å². The van der Waals surface area contributed by atoms with E-state index in [-0.39, 0.29) is 16.9 Å². The Bertz CT molecular complexity index is 875. The first-order valence-electron chi connectivity index (χ1n) is 9.67. The van der Waals surface area contributed by atoms with Crippen LogP contribution in [0.15, 0.2) is 6.33 Å². The summed E-state index contributed by atoms with van der Waals surface area (Å²) in [6.45, 7) is 10.8. The van der Waals surface area contributed by atoms with Crippen molar-refractivity contribution in [3.05, 3.63) is 17.6 Å². The second-order valence-electron chi connectivity index (χ2n) is 9.09. The largest absolute Gasteiger partial charge is 0.299 e. The summed E-state index contributed by atoms with van der Waals surface area (Å²) in [6.07, 6.45) is 5.29. The van der Waals surface area contributed by atoms with Gasteiger partial charge in [0.05, 0.1) is 5.69 Å². The quantitative estimate of drug-likeness (QED) is 0.827. The lowest BCUT2D eigenvalue weighted by Crippen LogP contribution is -2.52. The monoisotopic (exact) mass is 355 g/mol. The molecule has 26 heavy (non-hydrogen) atoms. The highest BCUT2D eigenvalue weighted by Gasteiger charge is 2.55. The van der Waals surface area contributed by atoms with Gasteiger partial charge in [-0.05, 0) is 39.0 Å². The minimum atomic E-state index is -0.278. The lowest BCUT2D eigenvalue weighted by molar-refractivity contribution is -0.137. The number of carbonyl (C=O) groups is 1. The van der Waals surface area contributed by atoms with Gasteiger partial charge in [0.2, 0.25) is 0 Å². The zero-order chi connectivity index (χ0) is 18.9. The van der Waals surface area contributed by atoms with E-state index in [9.17, 15) is 4.79 Å². The number of nitrogens with zero attached hydrogens (tertiary/aromatic N) is 5. The van der Waals surface area contributed by atoms with Gasteiger partial charge < -0.3 is 0 Å². The van der Waals surface area contributed by atoms with E-state index in [1.54, 1.807) is 6.33 Å². The molecule has 0 aliphatic heterocycles. The third-order valence-corrected chi connectivity index (χ3v) is 6.85. The second kappa shape index (κ2) is 5.51. The highest BCUT2D eigenvalue weighted by atomic mass is 16.1. The van der Waals surface area contributed by atoms with Gasteiger partial charge in [-0.1, -0.05) is 20.8 Å². The third kappa shape index (κ3) is 2.23. The fourth-order valence-electron chi connectivity index (χ4n) is 5.29. The maximum absolute atomic E-state index is 12.5. The van der Waals surface area contributed by atoms with Crippen molar-refractivity contribution in [3.8, 4) is 11.5 Å². The molecule has 4 rings (SSSR count). The third-order valence-electron chi connectivity index (χ3n) is 6.85. The maximum atomic E-state index is 12.5. The average molecular weight is 355 g/mol. The lowest BCUT2D eigenvalue weighted by atomic mass is 9.51. The van der Waals surface area contributed by atoms with Gasteiger partial charge in [0.15, 0.2) is 5.82 Å². The molecule has 1 saturated carbocycles. The molecular formula is C20H29N5O. The predicted octanol–water partition coefficient (Wildman–Crippen LogP) is 3.47. The Hall–Kier alpha value is -1.98. The normalized spacial score (nSPS) is 27.5. The van der Waals surface area contributed by atoms with Crippen LogP contribution in [-0.2, 0) is 23.7 Å². The summed E-state index contributed by atoms with van der Waals surface area (Å²) in [4.78, 5) is 17.1. The molecule has 2 heterocycles. The average Bonchev–Trinajstić information content (AvgIpc) is 3.16. The van der Waals surface area contributed by atoms with Gasteiger partial charge in [-0.25, -0.2) is 9.67 Å². The number of Topliss-reactive ketones (excluding diaryl/α,β-unsaturated/α-hetero) is 1. The van der Waals surface area contributed by atoms with Crippen LogP contribution in [-0.4, -0.2) is 30.3 Å². The number of rotatable bonds is 2. The van der Waals surface area contributed by atoms with Crippen molar-refractivity contribution in [1.82, 2.24) is 24.5 Å². The Kier molecular flexibility index (Phi) is 3.69. The smallest absolute Gasteiger partial charge is 0.199 e. The molecule has 0 N–H and O–H groups in total. The molecule has 0 amide bonds. The van der Waals surface area contributed by atoms with Crippen LogP contribution in [0.25, 0.3) is 11.5 Å². The van der Waals surface area contributed by atoms with E-state index >= 15 is 0 Å². The molecule has 2 aromatic heterocycles. The van der Waals surface area contributed by atoms with Crippen LogP contribution in [0.1, 0.15) is 71.2 Å². The number of hydrogen-bond acceptors (Lipinski definition) is 4. The minimum absolute atomic E-state index is 0.0540. The number of carbonyl (C=O) groups excluding carboxylic acids is 1. The molecule has 0 radical (unpaired) electrons. The highest BCUT2D eigenvalue weighted by molar-refractivity contribution is 5.86. The fraction of sp³-hybridized carbons (Fsp3) is 0.700. The Morgan fingerprint density at radius 1 is 1.19 bits per heavy atom. The SMILES string of the molecule is CC(C)n1cnc(-c2c3c(nn2C)C2(C)CCC(=O)C(C)(C)C2CC3)n1. The molecule has 6 nitrogen and oxygen atoms in total. The lowest BCUT2D eigenvalue weighted by Gasteiger charge is -2.51. The molecule has 0 bridgehead atoms. The van der Waals surface area contributed by atoms with Gasteiger partial charge in [0.1, 0.15) is 17.8 Å². The van der Waals surface area contributed by atoms with Gasteiger partial charge in [0.25, 0.3) is 0 Å². The van der Waals surface area contributed by atoms with Crippen molar-refractivity contribution in [2.24, 2.45) is 18.4 Å². The van der Waals surface area contributed by atoms with Crippen molar-refractivity contribution < 1.29 is 4.79 Å². The standard InChI is InChI=1S/C20H29N5O/c1-12(2)25-11-21-18(23-25)16-13-7-8-14-19(3,4)15(26)9-10-20(14,5)17(13)22-24(16)6/h11-12,14H,7-10H2,1-6H3. The fourth-order valence-corrected chi connectivity index (χ4v) is 5.29.